The van der Waals surface area contributed by atoms with Gasteiger partial charge in [0, 0.05) is 42.2 Å². The number of nitrogens with one attached hydrogen (secondary N) is 1. The molecule has 1 saturated carbocycles. The molecule has 0 bridgehead atoms. The number of aryl methyl sites for hydroxylation is 1. The lowest BCUT2D eigenvalue weighted by molar-refractivity contribution is 0.379. The number of aromatic nitrogens is 6. The molecule has 3 atom stereocenters. The number of H-pyrrole nitrogens is 1. The minimum atomic E-state index is -0.104. The van der Waals surface area contributed by atoms with Crippen molar-refractivity contribution >= 4 is 46.2 Å². The van der Waals surface area contributed by atoms with Gasteiger partial charge in [-0.05, 0) is 31.2 Å². The summed E-state index contributed by atoms with van der Waals surface area (Å²) in [5.74, 6) is 2.87. The maximum Gasteiger partial charge on any atom is 0.177 e. The Morgan fingerprint density at radius 2 is 2.24 bits per heavy atom. The van der Waals surface area contributed by atoms with E-state index in [1.165, 1.54) is 11.8 Å². The van der Waals surface area contributed by atoms with E-state index >= 15 is 0 Å². The number of hydrogen-bond acceptors (Lipinski definition) is 10. The molecule has 1 aliphatic carbocycles. The van der Waals surface area contributed by atoms with Crippen LogP contribution in [0, 0.1) is 18.8 Å². The minimum absolute atomic E-state index is 0.104. The Hall–Kier alpha value is -2.89. The van der Waals surface area contributed by atoms with Gasteiger partial charge in [-0.3, -0.25) is 5.10 Å². The second kappa shape index (κ2) is 7.57. The average molecular weight is 484 g/mol. The monoisotopic (exact) mass is 483 g/mol. The Labute approximate surface area is 198 Å². The quantitative estimate of drug-likeness (QED) is 0.386. The fourth-order valence-electron chi connectivity index (χ4n) is 5.18. The predicted molar refractivity (Wildman–Crippen MR) is 125 cm³/mol. The van der Waals surface area contributed by atoms with Crippen molar-refractivity contribution in [2.75, 3.05) is 30.3 Å². The smallest absolute Gasteiger partial charge is 0.177 e. The van der Waals surface area contributed by atoms with E-state index in [0.29, 0.717) is 39.6 Å². The highest BCUT2D eigenvalue weighted by Gasteiger charge is 2.67. The fourth-order valence-corrected chi connectivity index (χ4v) is 6.27. The van der Waals surface area contributed by atoms with E-state index in [0.717, 1.165) is 41.7 Å². The van der Waals surface area contributed by atoms with Crippen LogP contribution in [0.15, 0.2) is 39.0 Å². The zero-order valence-corrected chi connectivity index (χ0v) is 19.4. The Bertz CT molecular complexity index is 1360. The van der Waals surface area contributed by atoms with Crippen molar-refractivity contribution in [2.45, 2.75) is 28.7 Å². The SMILES string of the molecule is Cc1cc(C2(CN)C3CCN(c4cnc5c(Sc6ccnc(N)c6Cl)n[nH]c5n4)CC32)no1. The average Bonchev–Trinajstić information content (AvgIpc) is 3.06. The van der Waals surface area contributed by atoms with Gasteiger partial charge < -0.3 is 20.9 Å². The van der Waals surface area contributed by atoms with Crippen LogP contribution in [0.1, 0.15) is 17.9 Å². The molecule has 12 heteroatoms. The standard InChI is InChI=1S/C21H22ClN9OS/c1-10-6-14(30-32-10)21(9-23)11-3-5-31(8-12(11)21)15-7-26-17-19(27-15)28-29-20(17)33-13-2-4-25-18(24)16(13)22/h2,4,6-7,11-12H,3,5,8-9,23H2,1H3,(H2,24,25)(H,27,28,29). The van der Waals surface area contributed by atoms with Crippen LogP contribution in [0.5, 0.6) is 0 Å². The molecular formula is C21H22ClN9OS. The summed E-state index contributed by atoms with van der Waals surface area (Å²) in [5.41, 5.74) is 14.2. The number of anilines is 2. The maximum absolute atomic E-state index is 6.28. The van der Waals surface area contributed by atoms with Crippen LogP contribution in [0.25, 0.3) is 11.2 Å². The highest BCUT2D eigenvalue weighted by molar-refractivity contribution is 7.99. The highest BCUT2D eigenvalue weighted by atomic mass is 35.5. The number of nitrogens with zero attached hydrogens (tertiary/aromatic N) is 6. The van der Waals surface area contributed by atoms with E-state index < -0.39 is 0 Å². The first-order valence-electron chi connectivity index (χ1n) is 10.7. The van der Waals surface area contributed by atoms with E-state index in [4.69, 9.17) is 32.6 Å². The third-order valence-electron chi connectivity index (χ3n) is 6.91. The number of nitrogen functional groups attached to an aromatic ring is 1. The van der Waals surface area contributed by atoms with Crippen molar-refractivity contribution < 1.29 is 4.52 Å². The number of rotatable bonds is 5. The number of hydrogen-bond donors (Lipinski definition) is 3. The van der Waals surface area contributed by atoms with Crippen LogP contribution < -0.4 is 16.4 Å². The van der Waals surface area contributed by atoms with Crippen molar-refractivity contribution in [3.05, 3.63) is 41.0 Å². The predicted octanol–water partition coefficient (Wildman–Crippen LogP) is 2.78. The first-order chi connectivity index (χ1) is 16.0. The second-order valence-corrected chi connectivity index (χ2v) is 9.99. The molecule has 33 heavy (non-hydrogen) atoms. The lowest BCUT2D eigenvalue weighted by atomic mass is 9.97. The number of halogens is 1. The molecule has 5 heterocycles. The highest BCUT2D eigenvalue weighted by Crippen LogP contribution is 2.62. The topological polar surface area (TPSA) is 149 Å². The first-order valence-corrected chi connectivity index (χ1v) is 11.9. The fraction of sp³-hybridized carbons (Fsp3) is 0.381. The molecule has 2 aliphatic rings. The molecule has 0 spiro atoms. The van der Waals surface area contributed by atoms with Gasteiger partial charge in [-0.2, -0.15) is 5.10 Å². The number of nitrogens with two attached hydrogens (primary N) is 2. The molecule has 5 N–H and O–H groups in total. The normalized spacial score (nSPS) is 24.3. The Morgan fingerprint density at radius 1 is 1.36 bits per heavy atom. The molecular weight excluding hydrogens is 462 g/mol. The van der Waals surface area contributed by atoms with E-state index in [1.54, 1.807) is 18.5 Å². The summed E-state index contributed by atoms with van der Waals surface area (Å²) in [6, 6.07) is 3.82. The molecule has 1 saturated heterocycles. The van der Waals surface area contributed by atoms with Gasteiger partial charge in [0.25, 0.3) is 0 Å². The lowest BCUT2D eigenvalue weighted by Gasteiger charge is -2.26. The molecule has 1 aliphatic heterocycles. The van der Waals surface area contributed by atoms with Crippen LogP contribution in [0.3, 0.4) is 0 Å². The Morgan fingerprint density at radius 3 is 3.03 bits per heavy atom. The summed E-state index contributed by atoms with van der Waals surface area (Å²) < 4.78 is 5.34. The molecule has 4 aromatic rings. The number of aromatic amines is 1. The molecule has 6 rings (SSSR count). The molecule has 0 aromatic carbocycles. The van der Waals surface area contributed by atoms with Crippen molar-refractivity contribution in [1.29, 1.82) is 0 Å². The first kappa shape index (κ1) is 20.7. The molecule has 3 unspecified atom stereocenters. The van der Waals surface area contributed by atoms with E-state index in [-0.39, 0.29) is 11.2 Å². The molecule has 4 aromatic heterocycles. The van der Waals surface area contributed by atoms with E-state index in [2.05, 4.69) is 30.2 Å². The number of piperidine rings is 1. The van der Waals surface area contributed by atoms with Crippen molar-refractivity contribution in [1.82, 2.24) is 30.3 Å². The van der Waals surface area contributed by atoms with Gasteiger partial charge >= 0.3 is 0 Å². The zero-order chi connectivity index (χ0) is 22.7. The van der Waals surface area contributed by atoms with Crippen LogP contribution in [0.2, 0.25) is 5.02 Å². The van der Waals surface area contributed by atoms with Crippen molar-refractivity contribution in [3.63, 3.8) is 0 Å². The summed E-state index contributed by atoms with van der Waals surface area (Å²) >= 11 is 7.65. The largest absolute Gasteiger partial charge is 0.382 e. The molecule has 0 radical (unpaired) electrons. The van der Waals surface area contributed by atoms with Crippen LogP contribution in [-0.2, 0) is 5.41 Å². The molecule has 10 nitrogen and oxygen atoms in total. The molecule has 2 fully saturated rings. The van der Waals surface area contributed by atoms with Crippen molar-refractivity contribution in [2.24, 2.45) is 17.6 Å². The summed E-state index contributed by atoms with van der Waals surface area (Å²) in [7, 11) is 0. The lowest BCUT2D eigenvalue weighted by Crippen LogP contribution is -2.32. The van der Waals surface area contributed by atoms with Gasteiger partial charge in [0.1, 0.15) is 22.9 Å². The Balaban J connectivity index is 1.24. The molecule has 0 amide bonds. The number of pyridine rings is 1. The van der Waals surface area contributed by atoms with Crippen LogP contribution in [-0.4, -0.2) is 49.9 Å². The van der Waals surface area contributed by atoms with Gasteiger partial charge in [-0.25, -0.2) is 15.0 Å². The zero-order valence-electron chi connectivity index (χ0n) is 17.8. The Kier molecular flexibility index (Phi) is 4.75. The van der Waals surface area contributed by atoms with E-state index in [9.17, 15) is 0 Å². The van der Waals surface area contributed by atoms with Gasteiger partial charge in [0.15, 0.2) is 10.7 Å². The van der Waals surface area contributed by atoms with Gasteiger partial charge in [0.05, 0.1) is 16.9 Å². The summed E-state index contributed by atoms with van der Waals surface area (Å²) in [4.78, 5) is 16.5. The van der Waals surface area contributed by atoms with Crippen molar-refractivity contribution in [3.8, 4) is 0 Å². The third-order valence-corrected chi connectivity index (χ3v) is 8.45. The van der Waals surface area contributed by atoms with Gasteiger partial charge in [-0.15, -0.1) is 0 Å². The summed E-state index contributed by atoms with van der Waals surface area (Å²) in [6.07, 6.45) is 4.45. The maximum atomic E-state index is 6.28. The van der Waals surface area contributed by atoms with Crippen LogP contribution in [0.4, 0.5) is 11.6 Å². The minimum Gasteiger partial charge on any atom is -0.382 e. The third kappa shape index (κ3) is 3.17. The molecule has 170 valence electrons. The summed E-state index contributed by atoms with van der Waals surface area (Å²) in [5, 5.41) is 12.8. The summed E-state index contributed by atoms with van der Waals surface area (Å²) in [6.45, 7) is 4.23. The number of fused-ring (bicyclic) bond motifs is 2. The van der Waals surface area contributed by atoms with Gasteiger partial charge in [-0.1, -0.05) is 28.5 Å². The van der Waals surface area contributed by atoms with Gasteiger partial charge in [0.2, 0.25) is 0 Å². The van der Waals surface area contributed by atoms with Crippen LogP contribution >= 0.6 is 23.4 Å². The van der Waals surface area contributed by atoms with E-state index in [1.807, 2.05) is 13.0 Å². The second-order valence-electron chi connectivity index (χ2n) is 8.58.